The Morgan fingerprint density at radius 2 is 1.86 bits per heavy atom. The van der Waals surface area contributed by atoms with Gasteiger partial charge in [-0.3, -0.25) is 4.79 Å². The minimum Gasteiger partial charge on any atom is -0.425 e. The van der Waals surface area contributed by atoms with Gasteiger partial charge in [0.1, 0.15) is 10.6 Å². The molecule has 4 nitrogen and oxygen atoms in total. The van der Waals surface area contributed by atoms with Crippen molar-refractivity contribution >= 4 is 15.8 Å². The van der Waals surface area contributed by atoms with Gasteiger partial charge < -0.3 is 4.74 Å². The zero-order valence-electron chi connectivity index (χ0n) is 7.85. The molecule has 0 saturated heterocycles. The van der Waals surface area contributed by atoms with Crippen LogP contribution in [0.25, 0.3) is 0 Å². The van der Waals surface area contributed by atoms with E-state index in [2.05, 4.69) is 0 Å². The Morgan fingerprint density at radius 1 is 1.29 bits per heavy atom. The molecular formula is C9H10O4S. The van der Waals surface area contributed by atoms with Crippen molar-refractivity contribution in [2.75, 3.05) is 6.26 Å². The number of ether oxygens (including phenoxy) is 1. The van der Waals surface area contributed by atoms with Crippen LogP contribution < -0.4 is 4.74 Å². The van der Waals surface area contributed by atoms with Gasteiger partial charge in [-0.15, -0.1) is 0 Å². The number of sulfone groups is 1. The van der Waals surface area contributed by atoms with Gasteiger partial charge in [0.2, 0.25) is 0 Å². The molecule has 0 unspecified atom stereocenters. The third kappa shape index (κ3) is 2.56. The topological polar surface area (TPSA) is 60.4 Å². The highest BCUT2D eigenvalue weighted by molar-refractivity contribution is 7.90. The van der Waals surface area contributed by atoms with Gasteiger partial charge in [-0.2, -0.15) is 0 Å². The molecule has 0 spiro atoms. The summed E-state index contributed by atoms with van der Waals surface area (Å²) in [5.74, 6) is -0.469. The van der Waals surface area contributed by atoms with Gasteiger partial charge >= 0.3 is 5.97 Å². The van der Waals surface area contributed by atoms with Crippen molar-refractivity contribution in [3.8, 4) is 5.75 Å². The summed E-state index contributed by atoms with van der Waals surface area (Å²) in [4.78, 5) is 10.7. The molecule has 0 saturated carbocycles. The molecule has 1 aromatic carbocycles. The Labute approximate surface area is 82.4 Å². The van der Waals surface area contributed by atoms with Gasteiger partial charge in [0.25, 0.3) is 0 Å². The van der Waals surface area contributed by atoms with Gasteiger partial charge in [-0.25, -0.2) is 8.42 Å². The Kier molecular flexibility index (Phi) is 2.90. The average Bonchev–Trinajstić information content (AvgIpc) is 2.01. The zero-order valence-corrected chi connectivity index (χ0v) is 8.67. The van der Waals surface area contributed by atoms with Crippen LogP contribution in [0.15, 0.2) is 29.2 Å². The van der Waals surface area contributed by atoms with E-state index in [1.807, 2.05) is 0 Å². The van der Waals surface area contributed by atoms with E-state index in [4.69, 9.17) is 4.74 Å². The molecule has 14 heavy (non-hydrogen) atoms. The Bertz CT molecular complexity index is 448. The van der Waals surface area contributed by atoms with E-state index >= 15 is 0 Å². The van der Waals surface area contributed by atoms with Gasteiger partial charge in [-0.05, 0) is 12.1 Å². The highest BCUT2D eigenvalue weighted by Gasteiger charge is 2.14. The lowest BCUT2D eigenvalue weighted by molar-refractivity contribution is -0.132. The van der Waals surface area contributed by atoms with Crippen LogP contribution in [0.3, 0.4) is 0 Å². The van der Waals surface area contributed by atoms with Crippen LogP contribution in [-0.2, 0) is 14.6 Å². The summed E-state index contributed by atoms with van der Waals surface area (Å²) < 4.78 is 27.2. The van der Waals surface area contributed by atoms with Crippen LogP contribution in [0, 0.1) is 0 Å². The molecule has 0 aliphatic heterocycles. The first-order valence-corrected chi connectivity index (χ1v) is 5.78. The van der Waals surface area contributed by atoms with E-state index < -0.39 is 15.8 Å². The number of esters is 1. The number of hydrogen-bond donors (Lipinski definition) is 0. The summed E-state index contributed by atoms with van der Waals surface area (Å²) in [5, 5.41) is 0. The number of carbonyl (C=O) groups is 1. The number of benzene rings is 1. The third-order valence-electron chi connectivity index (χ3n) is 1.50. The molecule has 5 heteroatoms. The molecular weight excluding hydrogens is 204 g/mol. The summed E-state index contributed by atoms with van der Waals surface area (Å²) in [5.41, 5.74) is 0. The van der Waals surface area contributed by atoms with Crippen LogP contribution in [0.5, 0.6) is 5.75 Å². The van der Waals surface area contributed by atoms with Gasteiger partial charge in [0.05, 0.1) is 0 Å². The van der Waals surface area contributed by atoms with Crippen LogP contribution in [0.2, 0.25) is 0 Å². The molecule has 0 N–H and O–H groups in total. The fourth-order valence-electron chi connectivity index (χ4n) is 0.996. The summed E-state index contributed by atoms with van der Waals surface area (Å²) in [6.07, 6.45) is 1.06. The van der Waals surface area contributed by atoms with Gasteiger partial charge in [-0.1, -0.05) is 12.1 Å². The lowest BCUT2D eigenvalue weighted by Crippen LogP contribution is -2.06. The minimum atomic E-state index is -3.36. The average molecular weight is 214 g/mol. The molecule has 0 atom stereocenters. The van der Waals surface area contributed by atoms with E-state index in [0.29, 0.717) is 0 Å². The molecule has 0 aromatic heterocycles. The monoisotopic (exact) mass is 214 g/mol. The summed E-state index contributed by atoms with van der Waals surface area (Å²) in [6.45, 7) is 1.22. The molecule has 1 aromatic rings. The fourth-order valence-corrected chi connectivity index (χ4v) is 1.80. The van der Waals surface area contributed by atoms with E-state index in [1.165, 1.54) is 19.1 Å². The van der Waals surface area contributed by atoms with E-state index in [-0.39, 0.29) is 10.6 Å². The predicted molar refractivity (Wildman–Crippen MR) is 50.9 cm³/mol. The second kappa shape index (κ2) is 3.79. The smallest absolute Gasteiger partial charge is 0.308 e. The number of rotatable bonds is 2. The van der Waals surface area contributed by atoms with Crippen molar-refractivity contribution < 1.29 is 17.9 Å². The summed E-state index contributed by atoms with van der Waals surface area (Å²) >= 11 is 0. The second-order valence-corrected chi connectivity index (χ2v) is 4.80. The normalized spacial score (nSPS) is 11.0. The van der Waals surface area contributed by atoms with Crippen molar-refractivity contribution in [1.82, 2.24) is 0 Å². The van der Waals surface area contributed by atoms with Crippen LogP contribution in [0.1, 0.15) is 6.92 Å². The molecule has 0 aliphatic rings. The largest absolute Gasteiger partial charge is 0.425 e. The van der Waals surface area contributed by atoms with Crippen molar-refractivity contribution in [3.05, 3.63) is 24.3 Å². The molecule has 0 heterocycles. The molecule has 1 rings (SSSR count). The van der Waals surface area contributed by atoms with Crippen molar-refractivity contribution in [1.29, 1.82) is 0 Å². The SMILES string of the molecule is CC(=O)Oc1ccccc1S(C)(=O)=O. The zero-order chi connectivity index (χ0) is 10.8. The van der Waals surface area contributed by atoms with Crippen LogP contribution in [0.4, 0.5) is 0 Å². The van der Waals surface area contributed by atoms with Crippen LogP contribution >= 0.6 is 0 Å². The predicted octanol–water partition coefficient (Wildman–Crippen LogP) is 1.02. The van der Waals surface area contributed by atoms with Crippen molar-refractivity contribution in [3.63, 3.8) is 0 Å². The number of para-hydroxylation sites is 1. The Hall–Kier alpha value is -1.36. The minimum absolute atomic E-state index is 0.0233. The van der Waals surface area contributed by atoms with E-state index in [0.717, 1.165) is 6.26 Å². The maximum Gasteiger partial charge on any atom is 0.308 e. The Balaban J connectivity index is 3.23. The number of hydrogen-bond acceptors (Lipinski definition) is 4. The maximum absolute atomic E-state index is 11.2. The summed E-state index contributed by atoms with van der Waals surface area (Å²) in [7, 11) is -3.36. The first kappa shape index (κ1) is 10.7. The third-order valence-corrected chi connectivity index (χ3v) is 2.64. The molecule has 0 radical (unpaired) electrons. The number of carbonyl (C=O) groups excluding carboxylic acids is 1. The maximum atomic E-state index is 11.2. The first-order chi connectivity index (χ1) is 6.41. The molecule has 0 amide bonds. The summed E-state index contributed by atoms with van der Waals surface area (Å²) in [6, 6.07) is 6.02. The fraction of sp³-hybridized carbons (Fsp3) is 0.222. The lowest BCUT2D eigenvalue weighted by Gasteiger charge is -2.05. The van der Waals surface area contributed by atoms with E-state index in [1.54, 1.807) is 12.1 Å². The van der Waals surface area contributed by atoms with Gasteiger partial charge in [0, 0.05) is 13.2 Å². The highest BCUT2D eigenvalue weighted by Crippen LogP contribution is 2.22. The second-order valence-electron chi connectivity index (χ2n) is 2.81. The van der Waals surface area contributed by atoms with Gasteiger partial charge in [0.15, 0.2) is 9.84 Å². The first-order valence-electron chi connectivity index (χ1n) is 3.89. The highest BCUT2D eigenvalue weighted by atomic mass is 32.2. The lowest BCUT2D eigenvalue weighted by atomic mass is 10.3. The standard InChI is InChI=1S/C9H10O4S/c1-7(10)13-8-5-3-4-6-9(8)14(2,11)12/h3-6H,1-2H3. The van der Waals surface area contributed by atoms with Crippen molar-refractivity contribution in [2.45, 2.75) is 11.8 Å². The molecule has 0 bridgehead atoms. The van der Waals surface area contributed by atoms with E-state index in [9.17, 15) is 13.2 Å². The molecule has 76 valence electrons. The Morgan fingerprint density at radius 3 is 2.36 bits per heavy atom. The molecule has 0 aliphatic carbocycles. The van der Waals surface area contributed by atoms with Crippen LogP contribution in [-0.4, -0.2) is 20.6 Å². The molecule has 0 fully saturated rings. The quantitative estimate of drug-likeness (QED) is 0.544. The van der Waals surface area contributed by atoms with Crippen molar-refractivity contribution in [2.24, 2.45) is 0 Å².